The van der Waals surface area contributed by atoms with E-state index in [1.807, 2.05) is 42.5 Å². The number of hydrogen-bond donors (Lipinski definition) is 0. The molecular formula is C21H19N3O3S. The van der Waals surface area contributed by atoms with Gasteiger partial charge < -0.3 is 4.90 Å². The molecule has 3 heterocycles. The van der Waals surface area contributed by atoms with Gasteiger partial charge in [0.1, 0.15) is 5.69 Å². The first kappa shape index (κ1) is 17.2. The Morgan fingerprint density at radius 1 is 1.04 bits per heavy atom. The van der Waals surface area contributed by atoms with Crippen LogP contribution in [-0.4, -0.2) is 47.3 Å². The van der Waals surface area contributed by atoms with E-state index < -0.39 is 15.1 Å². The van der Waals surface area contributed by atoms with Gasteiger partial charge in [-0.3, -0.25) is 9.48 Å². The van der Waals surface area contributed by atoms with Gasteiger partial charge in [0, 0.05) is 32.3 Å². The molecule has 2 aliphatic rings. The van der Waals surface area contributed by atoms with Gasteiger partial charge in [-0.25, -0.2) is 8.42 Å². The van der Waals surface area contributed by atoms with E-state index in [1.54, 1.807) is 35.0 Å². The number of amides is 1. The number of nitrogens with zero attached hydrogens (tertiary/aromatic N) is 3. The summed E-state index contributed by atoms with van der Waals surface area (Å²) in [5, 5.41) is 3.58. The van der Waals surface area contributed by atoms with Crippen LogP contribution in [0.25, 0.3) is 11.1 Å². The number of aryl methyl sites for hydroxylation is 1. The highest BCUT2D eigenvalue weighted by Gasteiger charge is 2.51. The molecule has 6 nitrogen and oxygen atoms in total. The zero-order valence-electron chi connectivity index (χ0n) is 15.3. The van der Waals surface area contributed by atoms with E-state index in [4.69, 9.17) is 0 Å². The molecule has 2 atom stereocenters. The summed E-state index contributed by atoms with van der Waals surface area (Å²) in [6.45, 7) is 0.600. The second-order valence-electron chi connectivity index (χ2n) is 7.39. The van der Waals surface area contributed by atoms with Gasteiger partial charge in [-0.05, 0) is 34.9 Å². The Labute approximate surface area is 163 Å². The van der Waals surface area contributed by atoms with Gasteiger partial charge in [-0.2, -0.15) is 5.10 Å². The van der Waals surface area contributed by atoms with E-state index in [9.17, 15) is 13.2 Å². The smallest absolute Gasteiger partial charge is 0.274 e. The molecule has 28 heavy (non-hydrogen) atoms. The third-order valence-corrected chi connectivity index (χ3v) is 7.97. The summed E-state index contributed by atoms with van der Waals surface area (Å²) in [6.07, 6.45) is 1.71. The lowest BCUT2D eigenvalue weighted by Gasteiger charge is -2.17. The summed E-state index contributed by atoms with van der Waals surface area (Å²) >= 11 is 0. The van der Waals surface area contributed by atoms with E-state index in [0.29, 0.717) is 17.1 Å². The van der Waals surface area contributed by atoms with Gasteiger partial charge in [0.25, 0.3) is 5.91 Å². The minimum Gasteiger partial charge on any atom is -0.335 e. The van der Waals surface area contributed by atoms with Crippen molar-refractivity contribution in [3.8, 4) is 11.1 Å². The molecule has 1 aromatic heterocycles. The predicted octanol–water partition coefficient (Wildman–Crippen LogP) is 2.48. The molecule has 0 spiro atoms. The second kappa shape index (κ2) is 6.04. The molecule has 1 saturated heterocycles. The van der Waals surface area contributed by atoms with Crippen LogP contribution in [0.2, 0.25) is 0 Å². The second-order valence-corrected chi connectivity index (χ2v) is 9.53. The fourth-order valence-corrected chi connectivity index (χ4v) is 6.48. The third-order valence-electron chi connectivity index (χ3n) is 5.71. The predicted molar refractivity (Wildman–Crippen MR) is 105 cm³/mol. The Morgan fingerprint density at radius 3 is 2.54 bits per heavy atom. The summed E-state index contributed by atoms with van der Waals surface area (Å²) in [7, 11) is -1.69. The minimum absolute atomic E-state index is 0.198. The molecule has 7 heteroatoms. The van der Waals surface area contributed by atoms with Crippen LogP contribution >= 0.6 is 0 Å². The molecule has 0 saturated carbocycles. The maximum Gasteiger partial charge on any atom is 0.274 e. The summed E-state index contributed by atoms with van der Waals surface area (Å²) in [5.41, 5.74) is 3.20. The molecule has 142 valence electrons. The van der Waals surface area contributed by atoms with Crippen LogP contribution in [0.5, 0.6) is 0 Å². The highest BCUT2D eigenvalue weighted by atomic mass is 32.2. The Hall–Kier alpha value is -2.93. The standard InChI is InChI=1S/C21H19N3O3S/c1-23-10-9-18(22-23)21(25)24-12-17-16-11-15(14-5-3-2-4-6-14)7-8-19(16)28(26,27)20(17)13-24/h2-11,17,20H,12-13H2,1H3. The lowest BCUT2D eigenvalue weighted by molar-refractivity contribution is 0.0784. The number of sulfone groups is 1. The van der Waals surface area contributed by atoms with Crippen LogP contribution < -0.4 is 0 Å². The van der Waals surface area contributed by atoms with Crippen LogP contribution in [0.15, 0.2) is 65.7 Å². The molecule has 0 bridgehead atoms. The van der Waals surface area contributed by atoms with Gasteiger partial charge in [-0.1, -0.05) is 36.4 Å². The van der Waals surface area contributed by atoms with Crippen LogP contribution in [0.4, 0.5) is 0 Å². The molecule has 0 radical (unpaired) electrons. The number of aromatic nitrogens is 2. The van der Waals surface area contributed by atoms with E-state index >= 15 is 0 Å². The van der Waals surface area contributed by atoms with Gasteiger partial charge in [0.15, 0.2) is 9.84 Å². The largest absolute Gasteiger partial charge is 0.335 e. The van der Waals surface area contributed by atoms with Crippen molar-refractivity contribution < 1.29 is 13.2 Å². The summed E-state index contributed by atoms with van der Waals surface area (Å²) in [6, 6.07) is 17.1. The first-order valence-corrected chi connectivity index (χ1v) is 10.7. The van der Waals surface area contributed by atoms with Crippen LogP contribution in [0, 0.1) is 0 Å². The lowest BCUT2D eigenvalue weighted by atomic mass is 9.94. The number of hydrogen-bond acceptors (Lipinski definition) is 4. The molecule has 5 rings (SSSR count). The molecule has 2 aromatic carbocycles. The summed E-state index contributed by atoms with van der Waals surface area (Å²) in [4.78, 5) is 14.8. The molecule has 0 aliphatic carbocycles. The maximum absolute atomic E-state index is 13.1. The van der Waals surface area contributed by atoms with Crippen molar-refractivity contribution in [1.29, 1.82) is 0 Å². The van der Waals surface area contributed by atoms with Gasteiger partial charge in [0.2, 0.25) is 0 Å². The zero-order chi connectivity index (χ0) is 19.5. The van der Waals surface area contributed by atoms with Crippen molar-refractivity contribution in [2.45, 2.75) is 16.1 Å². The fourth-order valence-electron chi connectivity index (χ4n) is 4.31. The monoisotopic (exact) mass is 393 g/mol. The average molecular weight is 393 g/mol. The Balaban J connectivity index is 1.52. The number of rotatable bonds is 2. The third kappa shape index (κ3) is 2.50. The van der Waals surface area contributed by atoms with Crippen LogP contribution in [0.3, 0.4) is 0 Å². The van der Waals surface area contributed by atoms with Crippen molar-refractivity contribution in [2.24, 2.45) is 7.05 Å². The van der Waals surface area contributed by atoms with Gasteiger partial charge in [-0.15, -0.1) is 0 Å². The highest BCUT2D eigenvalue weighted by molar-refractivity contribution is 7.92. The maximum atomic E-state index is 13.1. The van der Waals surface area contributed by atoms with E-state index in [2.05, 4.69) is 5.10 Å². The lowest BCUT2D eigenvalue weighted by Crippen LogP contribution is -2.32. The van der Waals surface area contributed by atoms with E-state index in [0.717, 1.165) is 16.7 Å². The fraction of sp³-hybridized carbons (Fsp3) is 0.238. The first-order valence-electron chi connectivity index (χ1n) is 9.17. The summed E-state index contributed by atoms with van der Waals surface area (Å²) < 4.78 is 27.7. The number of carbonyl (C=O) groups is 1. The molecule has 0 N–H and O–H groups in total. The Morgan fingerprint density at radius 2 is 1.82 bits per heavy atom. The van der Waals surface area contributed by atoms with Gasteiger partial charge >= 0.3 is 0 Å². The van der Waals surface area contributed by atoms with E-state index in [-0.39, 0.29) is 18.4 Å². The molecule has 1 amide bonds. The number of likely N-dealkylation sites (tertiary alicyclic amines) is 1. The normalized spacial score (nSPS) is 22.1. The van der Waals surface area contributed by atoms with Crippen molar-refractivity contribution in [2.75, 3.05) is 13.1 Å². The minimum atomic E-state index is -3.45. The van der Waals surface area contributed by atoms with Crippen molar-refractivity contribution in [3.05, 3.63) is 72.1 Å². The topological polar surface area (TPSA) is 72.3 Å². The van der Waals surface area contributed by atoms with Gasteiger partial charge in [0.05, 0.1) is 10.1 Å². The zero-order valence-corrected chi connectivity index (χ0v) is 16.1. The summed E-state index contributed by atoms with van der Waals surface area (Å²) in [5.74, 6) is -0.415. The average Bonchev–Trinajstić information content (AvgIpc) is 3.38. The highest BCUT2D eigenvalue weighted by Crippen LogP contribution is 2.46. The first-order chi connectivity index (χ1) is 13.4. The van der Waals surface area contributed by atoms with Crippen molar-refractivity contribution in [3.63, 3.8) is 0 Å². The van der Waals surface area contributed by atoms with Crippen molar-refractivity contribution in [1.82, 2.24) is 14.7 Å². The molecular weight excluding hydrogens is 374 g/mol. The van der Waals surface area contributed by atoms with Crippen molar-refractivity contribution >= 4 is 15.7 Å². The van der Waals surface area contributed by atoms with E-state index in [1.165, 1.54) is 0 Å². The molecule has 1 fully saturated rings. The SMILES string of the molecule is Cn1ccc(C(=O)N2CC3c4cc(-c5ccccc5)ccc4S(=O)(=O)C3C2)n1. The Kier molecular flexibility index (Phi) is 3.71. The number of carbonyl (C=O) groups excluding carboxylic acids is 1. The number of benzene rings is 2. The molecule has 2 unspecified atom stereocenters. The molecule has 3 aromatic rings. The van der Waals surface area contributed by atoms with Crippen LogP contribution in [-0.2, 0) is 16.9 Å². The molecule has 2 aliphatic heterocycles. The quantitative estimate of drug-likeness (QED) is 0.671. The van der Waals surface area contributed by atoms with Crippen LogP contribution in [0.1, 0.15) is 22.0 Å². The Bertz CT molecular complexity index is 1180. The number of fused-ring (bicyclic) bond motifs is 3.